The van der Waals surface area contributed by atoms with E-state index >= 15 is 0 Å². The Labute approximate surface area is 148 Å². The molecular weight excluding hydrogens is 320 g/mol. The Bertz CT molecular complexity index is 655. The van der Waals surface area contributed by atoms with Crippen LogP contribution in [-0.4, -0.2) is 54.1 Å². The van der Waals surface area contributed by atoms with Gasteiger partial charge in [-0.2, -0.15) is 0 Å². The molecule has 1 aromatic heterocycles. The Morgan fingerprint density at radius 2 is 2.00 bits per heavy atom. The molecule has 0 saturated carbocycles. The van der Waals surface area contributed by atoms with E-state index in [1.165, 1.54) is 0 Å². The van der Waals surface area contributed by atoms with Crippen molar-refractivity contribution in [2.24, 2.45) is 0 Å². The zero-order valence-corrected chi connectivity index (χ0v) is 15.5. The van der Waals surface area contributed by atoms with Gasteiger partial charge < -0.3 is 9.88 Å². The third kappa shape index (κ3) is 3.52. The van der Waals surface area contributed by atoms with Crippen molar-refractivity contribution in [2.45, 2.75) is 52.2 Å². The van der Waals surface area contributed by atoms with E-state index < -0.39 is 5.66 Å². The summed E-state index contributed by atoms with van der Waals surface area (Å²) in [5.41, 5.74) is 1.24. The predicted octanol–water partition coefficient (Wildman–Crippen LogP) is 1.43. The number of rotatable bonds is 9. The smallest absolute Gasteiger partial charge is 0.211 e. The minimum Gasteiger partial charge on any atom is -0.327 e. The number of carbonyl (C=O) groups excluding carboxylic acids is 3. The Kier molecular flexibility index (Phi) is 6.13. The summed E-state index contributed by atoms with van der Waals surface area (Å²) in [5.74, 6) is 0. The summed E-state index contributed by atoms with van der Waals surface area (Å²) in [6.07, 6.45) is 4.39. The fourth-order valence-corrected chi connectivity index (χ4v) is 3.91. The van der Waals surface area contributed by atoms with Crippen LogP contribution in [0.2, 0.25) is 0 Å². The van der Waals surface area contributed by atoms with Crippen molar-refractivity contribution in [2.75, 3.05) is 25.0 Å². The van der Waals surface area contributed by atoms with E-state index in [0.29, 0.717) is 41.6 Å². The molecule has 2 unspecified atom stereocenters. The molecular formula is C18H28N4O3. The summed E-state index contributed by atoms with van der Waals surface area (Å²) in [5, 5.41) is 5.98. The Balaban J connectivity index is 2.35. The van der Waals surface area contributed by atoms with Gasteiger partial charge in [0, 0.05) is 23.8 Å². The van der Waals surface area contributed by atoms with Gasteiger partial charge in [-0.1, -0.05) is 6.92 Å². The number of aromatic nitrogens is 1. The molecule has 1 amide bonds. The summed E-state index contributed by atoms with van der Waals surface area (Å²) < 4.78 is 1.68. The zero-order valence-electron chi connectivity index (χ0n) is 15.5. The third-order valence-corrected chi connectivity index (χ3v) is 5.31. The molecule has 25 heavy (non-hydrogen) atoms. The van der Waals surface area contributed by atoms with E-state index in [-0.39, 0.29) is 0 Å². The van der Waals surface area contributed by atoms with Crippen LogP contribution < -0.4 is 10.6 Å². The summed E-state index contributed by atoms with van der Waals surface area (Å²) in [6, 6.07) is 0.383. The number of nitrogens with one attached hydrogen (secondary N) is 2. The molecule has 7 heteroatoms. The van der Waals surface area contributed by atoms with Gasteiger partial charge in [0.05, 0.1) is 11.4 Å². The monoisotopic (exact) mass is 348 g/mol. The number of carbonyl (C=O) groups is 3. The van der Waals surface area contributed by atoms with Gasteiger partial charge in [-0.15, -0.1) is 0 Å². The lowest BCUT2D eigenvalue weighted by Crippen LogP contribution is -2.52. The molecule has 0 aromatic carbocycles. The van der Waals surface area contributed by atoms with Gasteiger partial charge in [-0.05, 0) is 46.7 Å². The highest BCUT2D eigenvalue weighted by atomic mass is 16.1. The van der Waals surface area contributed by atoms with Crippen LogP contribution in [0.15, 0.2) is 0 Å². The number of hydrogen-bond acceptors (Lipinski definition) is 5. The Morgan fingerprint density at radius 1 is 1.28 bits per heavy atom. The third-order valence-electron chi connectivity index (χ3n) is 5.31. The lowest BCUT2D eigenvalue weighted by Gasteiger charge is -2.33. The van der Waals surface area contributed by atoms with Crippen molar-refractivity contribution >= 4 is 24.7 Å². The lowest BCUT2D eigenvalue weighted by atomic mass is 10.1. The molecule has 2 rings (SSSR count). The SMILES string of the molecule is CCN1CCCC1CNC(C)(C=O)n1c(C)c(NC=O)c(C)c1C=O. The van der Waals surface area contributed by atoms with Gasteiger partial charge in [0.25, 0.3) is 0 Å². The minimum absolute atomic E-state index is 0.383. The maximum Gasteiger partial charge on any atom is 0.211 e. The summed E-state index contributed by atoms with van der Waals surface area (Å²) in [4.78, 5) is 36.9. The first-order valence-corrected chi connectivity index (χ1v) is 8.76. The van der Waals surface area contributed by atoms with Gasteiger partial charge in [-0.3, -0.25) is 24.6 Å². The highest BCUT2D eigenvalue weighted by Gasteiger charge is 2.34. The second kappa shape index (κ2) is 7.93. The zero-order chi connectivity index (χ0) is 18.6. The average molecular weight is 348 g/mol. The Hall–Kier alpha value is -1.99. The van der Waals surface area contributed by atoms with Crippen LogP contribution in [0, 0.1) is 13.8 Å². The van der Waals surface area contributed by atoms with Gasteiger partial charge in [0.15, 0.2) is 12.6 Å². The average Bonchev–Trinajstić information content (AvgIpc) is 3.17. The summed E-state index contributed by atoms with van der Waals surface area (Å²) in [6.45, 7) is 10.2. The van der Waals surface area contributed by atoms with Crippen molar-refractivity contribution < 1.29 is 14.4 Å². The number of amides is 1. The van der Waals surface area contributed by atoms with Crippen LogP contribution in [0.4, 0.5) is 5.69 Å². The van der Waals surface area contributed by atoms with Crippen LogP contribution in [0.3, 0.4) is 0 Å². The number of anilines is 1. The van der Waals surface area contributed by atoms with Crippen LogP contribution in [0.1, 0.15) is 48.4 Å². The molecule has 0 bridgehead atoms. The molecule has 1 aliphatic rings. The molecule has 2 heterocycles. The Morgan fingerprint density at radius 3 is 2.56 bits per heavy atom. The summed E-state index contributed by atoms with van der Waals surface area (Å²) >= 11 is 0. The highest BCUT2D eigenvalue weighted by Crippen LogP contribution is 2.30. The van der Waals surface area contributed by atoms with E-state index in [4.69, 9.17) is 0 Å². The van der Waals surface area contributed by atoms with Gasteiger partial charge in [-0.25, -0.2) is 0 Å². The molecule has 0 radical (unpaired) electrons. The van der Waals surface area contributed by atoms with Crippen LogP contribution >= 0.6 is 0 Å². The number of aldehydes is 2. The van der Waals surface area contributed by atoms with Gasteiger partial charge in [0.1, 0.15) is 5.66 Å². The largest absolute Gasteiger partial charge is 0.327 e. The van der Waals surface area contributed by atoms with Crippen molar-refractivity contribution in [3.05, 3.63) is 17.0 Å². The molecule has 1 aromatic rings. The van der Waals surface area contributed by atoms with E-state index in [2.05, 4.69) is 22.5 Å². The van der Waals surface area contributed by atoms with Crippen LogP contribution in [0.5, 0.6) is 0 Å². The van der Waals surface area contributed by atoms with E-state index in [1.807, 2.05) is 0 Å². The van der Waals surface area contributed by atoms with Crippen molar-refractivity contribution in [1.29, 1.82) is 0 Å². The predicted molar refractivity (Wildman–Crippen MR) is 97.0 cm³/mol. The number of likely N-dealkylation sites (tertiary alicyclic amines) is 1. The minimum atomic E-state index is -1.06. The highest BCUT2D eigenvalue weighted by molar-refractivity contribution is 5.86. The first-order valence-electron chi connectivity index (χ1n) is 8.76. The normalized spacial score (nSPS) is 20.2. The van der Waals surface area contributed by atoms with Gasteiger partial charge >= 0.3 is 0 Å². The maximum atomic E-state index is 12.0. The van der Waals surface area contributed by atoms with Crippen LogP contribution in [0.25, 0.3) is 0 Å². The van der Waals surface area contributed by atoms with E-state index in [9.17, 15) is 14.4 Å². The van der Waals surface area contributed by atoms with Crippen molar-refractivity contribution in [3.8, 4) is 0 Å². The van der Waals surface area contributed by atoms with Crippen molar-refractivity contribution in [1.82, 2.24) is 14.8 Å². The molecule has 1 saturated heterocycles. The molecule has 2 atom stereocenters. The number of likely N-dealkylation sites (N-methyl/N-ethyl adjacent to an activating group) is 1. The molecule has 7 nitrogen and oxygen atoms in total. The molecule has 1 aliphatic heterocycles. The number of hydrogen-bond donors (Lipinski definition) is 2. The van der Waals surface area contributed by atoms with Gasteiger partial charge in [0.2, 0.25) is 6.41 Å². The molecule has 0 aliphatic carbocycles. The molecule has 138 valence electrons. The first-order chi connectivity index (χ1) is 11.9. The first kappa shape index (κ1) is 19.3. The molecule has 1 fully saturated rings. The fraction of sp³-hybridized carbons (Fsp3) is 0.611. The molecule has 0 spiro atoms. The summed E-state index contributed by atoms with van der Waals surface area (Å²) in [7, 11) is 0. The lowest BCUT2D eigenvalue weighted by molar-refractivity contribution is -0.116. The quantitative estimate of drug-likeness (QED) is 0.660. The maximum absolute atomic E-state index is 12.0. The second-order valence-electron chi connectivity index (χ2n) is 6.76. The van der Waals surface area contributed by atoms with Crippen LogP contribution in [-0.2, 0) is 15.3 Å². The molecule has 2 N–H and O–H groups in total. The van der Waals surface area contributed by atoms with Crippen molar-refractivity contribution in [3.63, 3.8) is 0 Å². The van der Waals surface area contributed by atoms with E-state index in [1.54, 1.807) is 25.3 Å². The van der Waals surface area contributed by atoms with E-state index in [0.717, 1.165) is 38.5 Å². The second-order valence-corrected chi connectivity index (χ2v) is 6.76. The number of nitrogens with zero attached hydrogens (tertiary/aromatic N) is 2. The fourth-order valence-electron chi connectivity index (χ4n) is 3.91. The standard InChI is InChI=1S/C18H28N4O3/c1-5-21-8-6-7-15(21)9-20-18(4,11-24)22-14(3)17(19-12-25)13(2)16(22)10-23/h10-12,15,20H,5-9H2,1-4H3,(H,19,25). The topological polar surface area (TPSA) is 83.4 Å².